The zero-order valence-electron chi connectivity index (χ0n) is 21.8. The van der Waals surface area contributed by atoms with Gasteiger partial charge in [0, 0.05) is 34.1 Å². The molecule has 8 nitrogen and oxygen atoms in total. The van der Waals surface area contributed by atoms with E-state index in [9.17, 15) is 4.79 Å². The Balaban J connectivity index is 1.40. The fourth-order valence-electron chi connectivity index (χ4n) is 4.50. The van der Waals surface area contributed by atoms with Crippen LogP contribution in [0.3, 0.4) is 0 Å². The summed E-state index contributed by atoms with van der Waals surface area (Å²) in [6.07, 6.45) is 0. The van der Waals surface area contributed by atoms with Gasteiger partial charge in [0.2, 0.25) is 5.95 Å². The lowest BCUT2D eigenvalue weighted by Gasteiger charge is -2.13. The van der Waals surface area contributed by atoms with Crippen LogP contribution in [0.1, 0.15) is 44.1 Å². The summed E-state index contributed by atoms with van der Waals surface area (Å²) in [5, 5.41) is 11.9. The molecule has 0 saturated heterocycles. The number of aromatic nitrogens is 5. The van der Waals surface area contributed by atoms with E-state index in [1.54, 1.807) is 16.8 Å². The molecular weight excluding hydrogens is 462 g/mol. The minimum absolute atomic E-state index is 0.236. The summed E-state index contributed by atoms with van der Waals surface area (Å²) in [7, 11) is 0. The van der Waals surface area contributed by atoms with E-state index in [2.05, 4.69) is 58.6 Å². The van der Waals surface area contributed by atoms with Crippen LogP contribution in [0.2, 0.25) is 0 Å². The molecule has 5 rings (SSSR count). The van der Waals surface area contributed by atoms with E-state index in [-0.39, 0.29) is 5.91 Å². The number of amides is 1. The lowest BCUT2D eigenvalue weighted by molar-refractivity contribution is 0.102. The van der Waals surface area contributed by atoms with Crippen molar-refractivity contribution in [1.29, 1.82) is 0 Å². The third kappa shape index (κ3) is 5.04. The van der Waals surface area contributed by atoms with Gasteiger partial charge in [-0.15, -0.1) is 0 Å². The van der Waals surface area contributed by atoms with E-state index in [1.807, 2.05) is 51.1 Å². The summed E-state index contributed by atoms with van der Waals surface area (Å²) in [5.41, 5.74) is 8.22. The summed E-state index contributed by atoms with van der Waals surface area (Å²) in [6, 6.07) is 17.2. The van der Waals surface area contributed by atoms with Crippen LogP contribution in [0.15, 0.2) is 54.6 Å². The highest BCUT2D eigenvalue weighted by atomic mass is 16.1. The van der Waals surface area contributed by atoms with Crippen molar-refractivity contribution in [1.82, 2.24) is 24.7 Å². The maximum atomic E-state index is 13.1. The van der Waals surface area contributed by atoms with Crippen LogP contribution >= 0.6 is 0 Å². The minimum Gasteiger partial charge on any atom is -0.324 e. The normalized spacial score (nSPS) is 11.1. The molecule has 2 N–H and O–H groups in total. The first-order valence-electron chi connectivity index (χ1n) is 12.1. The Kier molecular flexibility index (Phi) is 6.17. The van der Waals surface area contributed by atoms with Gasteiger partial charge in [-0.05, 0) is 95.1 Å². The van der Waals surface area contributed by atoms with Gasteiger partial charge >= 0.3 is 0 Å². The molecule has 0 saturated carbocycles. The molecule has 1 amide bonds. The van der Waals surface area contributed by atoms with E-state index in [1.165, 1.54) is 5.56 Å². The smallest absolute Gasteiger partial charge is 0.256 e. The highest BCUT2D eigenvalue weighted by molar-refractivity contribution is 6.04. The van der Waals surface area contributed by atoms with E-state index < -0.39 is 0 Å². The van der Waals surface area contributed by atoms with Crippen molar-refractivity contribution in [2.45, 2.75) is 41.5 Å². The monoisotopic (exact) mass is 491 g/mol. The van der Waals surface area contributed by atoms with Crippen molar-refractivity contribution in [3.8, 4) is 5.82 Å². The van der Waals surface area contributed by atoms with Crippen LogP contribution in [0.5, 0.6) is 0 Å². The number of pyridine rings is 1. The van der Waals surface area contributed by atoms with E-state index in [0.29, 0.717) is 23.1 Å². The van der Waals surface area contributed by atoms with Crippen molar-refractivity contribution in [3.63, 3.8) is 0 Å². The molecule has 8 heteroatoms. The van der Waals surface area contributed by atoms with Gasteiger partial charge in [-0.1, -0.05) is 11.6 Å². The fourth-order valence-corrected chi connectivity index (χ4v) is 4.50. The van der Waals surface area contributed by atoms with Crippen LogP contribution < -0.4 is 10.6 Å². The molecule has 5 aromatic rings. The Bertz CT molecular complexity index is 1630. The molecule has 37 heavy (non-hydrogen) atoms. The molecule has 0 spiro atoms. The molecule has 2 aromatic carbocycles. The fraction of sp³-hybridized carbons (Fsp3) is 0.207. The molecule has 0 radical (unpaired) electrons. The topological polar surface area (TPSA) is 97.6 Å². The minimum atomic E-state index is -0.236. The van der Waals surface area contributed by atoms with Crippen LogP contribution in [0.4, 0.5) is 17.5 Å². The number of anilines is 3. The van der Waals surface area contributed by atoms with E-state index in [0.717, 1.165) is 44.8 Å². The van der Waals surface area contributed by atoms with Gasteiger partial charge < -0.3 is 10.6 Å². The largest absolute Gasteiger partial charge is 0.324 e. The standard InChI is InChI=1S/C29H29N7O/c1-16-11-18(3)27-24(12-16)17(2)13-25(33-27)36-26(15-21(6)35-36)34-28(37)22-7-9-23(10-8-22)32-29-30-19(4)14-20(5)31-29/h7-15H,1-6H3,(H,34,37)(H,30,31,32). The Morgan fingerprint density at radius 3 is 2.16 bits per heavy atom. The first kappa shape index (κ1) is 24.1. The van der Waals surface area contributed by atoms with Gasteiger partial charge in [0.25, 0.3) is 5.91 Å². The summed E-state index contributed by atoms with van der Waals surface area (Å²) in [5.74, 6) is 1.51. The average Bonchev–Trinajstić information content (AvgIpc) is 3.19. The third-order valence-electron chi connectivity index (χ3n) is 6.12. The first-order chi connectivity index (χ1) is 17.7. The number of fused-ring (bicyclic) bond motifs is 1. The number of carbonyl (C=O) groups excluding carboxylic acids is 1. The molecule has 0 aliphatic carbocycles. The van der Waals surface area contributed by atoms with Crippen molar-refractivity contribution >= 4 is 34.3 Å². The predicted molar refractivity (Wildman–Crippen MR) is 147 cm³/mol. The van der Waals surface area contributed by atoms with Gasteiger partial charge in [0.05, 0.1) is 11.2 Å². The zero-order valence-corrected chi connectivity index (χ0v) is 21.8. The molecule has 0 aliphatic rings. The zero-order chi connectivity index (χ0) is 26.3. The van der Waals surface area contributed by atoms with Crippen molar-refractivity contribution in [2.75, 3.05) is 10.6 Å². The van der Waals surface area contributed by atoms with Crippen molar-refractivity contribution < 1.29 is 4.79 Å². The number of hydrogen-bond donors (Lipinski definition) is 2. The summed E-state index contributed by atoms with van der Waals surface area (Å²) < 4.78 is 1.69. The number of nitrogens with zero attached hydrogens (tertiary/aromatic N) is 5. The molecule has 0 bridgehead atoms. The maximum absolute atomic E-state index is 13.1. The second-order valence-electron chi connectivity index (χ2n) is 9.49. The SMILES string of the molecule is Cc1cc(C)c2nc(-n3nc(C)cc3NC(=O)c3ccc(Nc4nc(C)cc(C)n4)cc3)cc(C)c2c1. The second kappa shape index (κ2) is 9.46. The highest BCUT2D eigenvalue weighted by Gasteiger charge is 2.15. The molecule has 3 aromatic heterocycles. The van der Waals surface area contributed by atoms with Crippen LogP contribution in [-0.4, -0.2) is 30.6 Å². The summed E-state index contributed by atoms with van der Waals surface area (Å²) in [4.78, 5) is 26.8. The van der Waals surface area contributed by atoms with Crippen LogP contribution in [-0.2, 0) is 0 Å². The third-order valence-corrected chi connectivity index (χ3v) is 6.12. The summed E-state index contributed by atoms with van der Waals surface area (Å²) in [6.45, 7) is 12.0. The number of benzene rings is 2. The first-order valence-corrected chi connectivity index (χ1v) is 12.1. The lowest BCUT2D eigenvalue weighted by atomic mass is 10.0. The quantitative estimate of drug-likeness (QED) is 0.310. The van der Waals surface area contributed by atoms with E-state index in [4.69, 9.17) is 4.98 Å². The van der Waals surface area contributed by atoms with Crippen molar-refractivity contribution in [2.24, 2.45) is 0 Å². The Labute approximate surface area is 215 Å². The molecule has 0 unspecified atom stereocenters. The molecular formula is C29H29N7O. The molecule has 186 valence electrons. The molecule has 3 heterocycles. The number of aryl methyl sites for hydroxylation is 6. The van der Waals surface area contributed by atoms with Crippen LogP contribution in [0, 0.1) is 41.5 Å². The molecule has 0 atom stereocenters. The van der Waals surface area contributed by atoms with Gasteiger partial charge in [0.1, 0.15) is 5.82 Å². The van der Waals surface area contributed by atoms with Gasteiger partial charge in [0.15, 0.2) is 5.82 Å². The Morgan fingerprint density at radius 1 is 0.757 bits per heavy atom. The number of carbonyl (C=O) groups is 1. The number of hydrogen-bond acceptors (Lipinski definition) is 6. The van der Waals surface area contributed by atoms with E-state index >= 15 is 0 Å². The lowest BCUT2D eigenvalue weighted by Crippen LogP contribution is -2.15. The Hall–Kier alpha value is -4.59. The van der Waals surface area contributed by atoms with Gasteiger partial charge in [-0.3, -0.25) is 4.79 Å². The van der Waals surface area contributed by atoms with Gasteiger partial charge in [-0.2, -0.15) is 9.78 Å². The second-order valence-corrected chi connectivity index (χ2v) is 9.49. The van der Waals surface area contributed by atoms with Gasteiger partial charge in [-0.25, -0.2) is 15.0 Å². The number of rotatable bonds is 5. The highest BCUT2D eigenvalue weighted by Crippen LogP contribution is 2.26. The number of nitrogens with one attached hydrogen (secondary N) is 2. The van der Waals surface area contributed by atoms with Crippen LogP contribution in [0.25, 0.3) is 16.7 Å². The Morgan fingerprint density at radius 2 is 1.46 bits per heavy atom. The average molecular weight is 492 g/mol. The molecule has 0 fully saturated rings. The molecule has 0 aliphatic heterocycles. The predicted octanol–water partition coefficient (Wildman–Crippen LogP) is 6.06. The maximum Gasteiger partial charge on any atom is 0.256 e. The summed E-state index contributed by atoms with van der Waals surface area (Å²) >= 11 is 0. The van der Waals surface area contributed by atoms with Crippen molar-refractivity contribution in [3.05, 3.63) is 93.9 Å².